The van der Waals surface area contributed by atoms with Crippen LogP contribution in [0.25, 0.3) is 21.8 Å². The van der Waals surface area contributed by atoms with E-state index in [-0.39, 0.29) is 11.8 Å². The second kappa shape index (κ2) is 6.69. The van der Waals surface area contributed by atoms with Gasteiger partial charge in [-0.3, -0.25) is 9.59 Å². The molecule has 0 atom stereocenters. The van der Waals surface area contributed by atoms with E-state index in [2.05, 4.69) is 4.57 Å². The van der Waals surface area contributed by atoms with Gasteiger partial charge in [-0.05, 0) is 55.6 Å². The van der Waals surface area contributed by atoms with Crippen molar-refractivity contribution in [1.29, 1.82) is 0 Å². The van der Waals surface area contributed by atoms with Crippen LogP contribution in [0, 0.1) is 13.8 Å². The average Bonchev–Trinajstić information content (AvgIpc) is 2.57. The van der Waals surface area contributed by atoms with Gasteiger partial charge in [-0.15, -0.1) is 0 Å². The minimum absolute atomic E-state index is 0.103. The number of aliphatic carboxylic acids is 1. The lowest BCUT2D eigenvalue weighted by molar-refractivity contribution is -0.136. The number of fused-ring (bicyclic) bond motifs is 2. The van der Waals surface area contributed by atoms with Gasteiger partial charge < -0.3 is 15.4 Å². The van der Waals surface area contributed by atoms with Crippen molar-refractivity contribution < 1.29 is 9.90 Å². The molecule has 1 heterocycles. The van der Waals surface area contributed by atoms with Gasteiger partial charge in [0, 0.05) is 11.9 Å². The van der Waals surface area contributed by atoms with E-state index in [0.29, 0.717) is 29.4 Å². The number of pyridine rings is 1. The Morgan fingerprint density at radius 1 is 1.20 bits per heavy atom. The van der Waals surface area contributed by atoms with Crippen LogP contribution in [-0.4, -0.2) is 22.2 Å². The molecule has 0 aliphatic rings. The summed E-state index contributed by atoms with van der Waals surface area (Å²) in [5, 5.41) is 10.3. The molecule has 2 aromatic carbocycles. The second-order valence-corrected chi connectivity index (χ2v) is 6.41. The number of carbonyl (C=O) groups is 1. The van der Waals surface area contributed by atoms with Crippen molar-refractivity contribution in [2.75, 3.05) is 6.54 Å². The van der Waals surface area contributed by atoms with Crippen molar-refractivity contribution in [1.82, 2.24) is 4.57 Å². The fourth-order valence-corrected chi connectivity index (χ4v) is 3.45. The van der Waals surface area contributed by atoms with E-state index in [1.807, 2.05) is 38.1 Å². The van der Waals surface area contributed by atoms with Gasteiger partial charge in [0.2, 0.25) is 0 Å². The van der Waals surface area contributed by atoms with Crippen molar-refractivity contribution in [3.8, 4) is 0 Å². The minimum atomic E-state index is -0.944. The quantitative estimate of drug-likeness (QED) is 0.701. The molecule has 130 valence electrons. The van der Waals surface area contributed by atoms with Crippen LogP contribution in [0.5, 0.6) is 0 Å². The molecule has 0 aliphatic carbocycles. The number of benzene rings is 2. The molecule has 0 unspecified atom stereocenters. The number of carboxylic acid groups (broad SMARTS) is 1. The molecule has 0 aliphatic heterocycles. The smallest absolute Gasteiger partial charge is 0.307 e. The molecule has 0 amide bonds. The third-order valence-electron chi connectivity index (χ3n) is 4.79. The highest BCUT2D eigenvalue weighted by atomic mass is 16.4. The number of nitrogens with zero attached hydrogens (tertiary/aromatic N) is 1. The molecule has 3 rings (SSSR count). The zero-order chi connectivity index (χ0) is 18.1. The van der Waals surface area contributed by atoms with Gasteiger partial charge in [-0.25, -0.2) is 0 Å². The van der Waals surface area contributed by atoms with Gasteiger partial charge in [0.15, 0.2) is 5.43 Å². The van der Waals surface area contributed by atoms with Crippen LogP contribution in [-0.2, 0) is 17.8 Å². The first-order valence-electron chi connectivity index (χ1n) is 8.42. The topological polar surface area (TPSA) is 85.3 Å². The van der Waals surface area contributed by atoms with Crippen molar-refractivity contribution in [2.45, 2.75) is 33.2 Å². The molecule has 5 heteroatoms. The maximum Gasteiger partial charge on any atom is 0.307 e. The number of aryl methyl sites for hydroxylation is 3. The van der Waals surface area contributed by atoms with Crippen LogP contribution in [0.1, 0.15) is 23.1 Å². The van der Waals surface area contributed by atoms with Crippen LogP contribution in [0.3, 0.4) is 0 Å². The lowest BCUT2D eigenvalue weighted by Crippen LogP contribution is -2.17. The summed E-state index contributed by atoms with van der Waals surface area (Å²) in [4.78, 5) is 24.4. The zero-order valence-electron chi connectivity index (χ0n) is 14.5. The third kappa shape index (κ3) is 2.91. The van der Waals surface area contributed by atoms with Crippen molar-refractivity contribution in [3.05, 3.63) is 57.2 Å². The summed E-state index contributed by atoms with van der Waals surface area (Å²) in [6, 6.07) is 9.21. The monoisotopic (exact) mass is 338 g/mol. The largest absolute Gasteiger partial charge is 0.481 e. The van der Waals surface area contributed by atoms with E-state index < -0.39 is 5.97 Å². The number of hydrogen-bond acceptors (Lipinski definition) is 3. The number of nitrogens with two attached hydrogens (primary N) is 1. The summed E-state index contributed by atoms with van der Waals surface area (Å²) in [7, 11) is 0. The first-order chi connectivity index (χ1) is 12.0. The van der Waals surface area contributed by atoms with Gasteiger partial charge in [0.05, 0.1) is 22.8 Å². The summed E-state index contributed by atoms with van der Waals surface area (Å²) in [5.74, 6) is -0.944. The Labute approximate surface area is 145 Å². The van der Waals surface area contributed by atoms with Crippen LogP contribution in [0.2, 0.25) is 0 Å². The normalized spacial score (nSPS) is 11.3. The Balaban J connectivity index is 2.51. The van der Waals surface area contributed by atoms with Gasteiger partial charge in [-0.1, -0.05) is 18.2 Å². The fraction of sp³-hybridized carbons (Fsp3) is 0.300. The highest BCUT2D eigenvalue weighted by Gasteiger charge is 2.17. The summed E-state index contributed by atoms with van der Waals surface area (Å²) >= 11 is 0. The molecule has 0 spiro atoms. The minimum Gasteiger partial charge on any atom is -0.481 e. The molecule has 0 bridgehead atoms. The van der Waals surface area contributed by atoms with E-state index >= 15 is 0 Å². The maximum absolute atomic E-state index is 13.1. The Kier molecular flexibility index (Phi) is 4.59. The summed E-state index contributed by atoms with van der Waals surface area (Å²) in [6.45, 7) is 5.28. The zero-order valence-corrected chi connectivity index (χ0v) is 14.5. The molecule has 0 saturated heterocycles. The molecular weight excluding hydrogens is 316 g/mol. The molecule has 0 fully saturated rings. The molecule has 0 saturated carbocycles. The average molecular weight is 338 g/mol. The van der Waals surface area contributed by atoms with E-state index in [4.69, 9.17) is 5.73 Å². The summed E-state index contributed by atoms with van der Waals surface area (Å²) in [5.41, 5.74) is 10.0. The third-order valence-corrected chi connectivity index (χ3v) is 4.79. The number of aromatic nitrogens is 1. The molecule has 1 aromatic heterocycles. The maximum atomic E-state index is 13.1. The first-order valence-corrected chi connectivity index (χ1v) is 8.42. The van der Waals surface area contributed by atoms with E-state index in [0.717, 1.165) is 28.6 Å². The predicted molar refractivity (Wildman–Crippen MR) is 100 cm³/mol. The number of hydrogen-bond donors (Lipinski definition) is 2. The molecule has 3 aromatic rings. The molecule has 0 radical (unpaired) electrons. The standard InChI is InChI=1S/C20H22N2O3/c1-12-7-8-15-19(13(12)2)22(10-4-9-21)16-6-3-5-14(11-17(23)24)18(16)20(15)25/h3,5-8H,4,9-11,21H2,1-2H3,(H,23,24). The summed E-state index contributed by atoms with van der Waals surface area (Å²) in [6.07, 6.45) is 0.615. The molecule has 3 N–H and O–H groups in total. The first kappa shape index (κ1) is 17.2. The van der Waals surface area contributed by atoms with E-state index in [1.54, 1.807) is 6.07 Å². The van der Waals surface area contributed by atoms with E-state index in [1.165, 1.54) is 0 Å². The molecule has 5 nitrogen and oxygen atoms in total. The number of rotatable bonds is 5. The van der Waals surface area contributed by atoms with Gasteiger partial charge >= 0.3 is 5.97 Å². The Hall–Kier alpha value is -2.66. The Morgan fingerprint density at radius 2 is 1.96 bits per heavy atom. The van der Waals surface area contributed by atoms with Crippen LogP contribution in [0.4, 0.5) is 0 Å². The fourth-order valence-electron chi connectivity index (χ4n) is 3.45. The van der Waals surface area contributed by atoms with Gasteiger partial charge in [0.1, 0.15) is 0 Å². The second-order valence-electron chi connectivity index (χ2n) is 6.41. The van der Waals surface area contributed by atoms with E-state index in [9.17, 15) is 14.7 Å². The highest BCUT2D eigenvalue weighted by Crippen LogP contribution is 2.26. The predicted octanol–water partition coefficient (Wildman–Crippen LogP) is 2.75. The van der Waals surface area contributed by atoms with Gasteiger partial charge in [-0.2, -0.15) is 0 Å². The Bertz CT molecular complexity index is 1030. The lowest BCUT2D eigenvalue weighted by atomic mass is 9.98. The van der Waals surface area contributed by atoms with Crippen LogP contribution in [0.15, 0.2) is 35.1 Å². The number of carboxylic acids is 1. The molecular formula is C20H22N2O3. The highest BCUT2D eigenvalue weighted by molar-refractivity contribution is 5.97. The van der Waals surface area contributed by atoms with Crippen molar-refractivity contribution in [3.63, 3.8) is 0 Å². The lowest BCUT2D eigenvalue weighted by Gasteiger charge is -2.19. The Morgan fingerprint density at radius 3 is 2.64 bits per heavy atom. The van der Waals surface area contributed by atoms with Crippen molar-refractivity contribution >= 4 is 27.8 Å². The van der Waals surface area contributed by atoms with Crippen LogP contribution < -0.4 is 11.2 Å². The summed E-state index contributed by atoms with van der Waals surface area (Å²) < 4.78 is 2.12. The van der Waals surface area contributed by atoms with Gasteiger partial charge in [0.25, 0.3) is 0 Å². The van der Waals surface area contributed by atoms with Crippen molar-refractivity contribution in [2.24, 2.45) is 5.73 Å². The molecule has 25 heavy (non-hydrogen) atoms. The van der Waals surface area contributed by atoms with Crippen LogP contribution >= 0.6 is 0 Å². The SMILES string of the molecule is Cc1ccc2c(=O)c3c(CC(=O)O)cccc3n(CCCN)c2c1C.